The molecule has 0 saturated carbocycles. The summed E-state index contributed by atoms with van der Waals surface area (Å²) in [7, 11) is 0. The third kappa shape index (κ3) is 5.51. The van der Waals surface area contributed by atoms with Crippen LogP contribution in [0.15, 0.2) is 53.1 Å². The zero-order chi connectivity index (χ0) is 30.5. The van der Waals surface area contributed by atoms with Crippen LogP contribution in [0, 0.1) is 23.5 Å². The largest absolute Gasteiger partial charge is 0.478 e. The number of β-lactam (4-membered cyclic amide) rings is 1. The van der Waals surface area contributed by atoms with Gasteiger partial charge in [0.05, 0.1) is 29.7 Å². The molecule has 4 N–H and O–H groups in total. The maximum atomic E-state index is 14.0. The normalized spacial score (nSPS) is 26.2. The summed E-state index contributed by atoms with van der Waals surface area (Å²) >= 11 is 1.25. The van der Waals surface area contributed by atoms with E-state index in [1.807, 2.05) is 0 Å². The lowest BCUT2D eigenvalue weighted by atomic mass is 9.79. The molecule has 0 unspecified atom stereocenters. The fourth-order valence-corrected chi connectivity index (χ4v) is 7.70. The number of carbonyl (C=O) groups is 4. The number of carbonyl (C=O) groups excluding carboxylic acids is 2. The van der Waals surface area contributed by atoms with Gasteiger partial charge in [0.25, 0.3) is 0 Å². The number of aliphatic carboxylic acids is 1. The zero-order valence-electron chi connectivity index (χ0n) is 22.7. The summed E-state index contributed by atoms with van der Waals surface area (Å²) < 4.78 is 27.9. The molecule has 10 nitrogen and oxygen atoms in total. The molecule has 5 rings (SSSR count). The second-order valence-corrected chi connectivity index (χ2v) is 12.2. The number of thioether (sulfide) groups is 1. The molecule has 0 spiro atoms. The van der Waals surface area contributed by atoms with Gasteiger partial charge in [-0.25, -0.2) is 18.4 Å². The Morgan fingerprint density at radius 3 is 2.40 bits per heavy atom. The molecular weight excluding hydrogens is 572 g/mol. The summed E-state index contributed by atoms with van der Waals surface area (Å²) in [5.74, 6) is -5.94. The Hall–Kier alpha value is -3.81. The molecule has 3 heterocycles. The smallest absolute Gasteiger partial charge is 0.353 e. The number of amides is 2. The number of nitrogens with one attached hydrogen (secondary N) is 1. The van der Waals surface area contributed by atoms with Crippen molar-refractivity contribution in [2.24, 2.45) is 11.8 Å². The molecule has 2 aromatic rings. The molecule has 0 radical (unpaired) electrons. The van der Waals surface area contributed by atoms with Gasteiger partial charge in [0, 0.05) is 40.9 Å². The highest BCUT2D eigenvalue weighted by atomic mass is 32.2. The lowest BCUT2D eigenvalue weighted by Crippen LogP contribution is -2.63. The van der Waals surface area contributed by atoms with Gasteiger partial charge in [0.1, 0.15) is 17.3 Å². The molecule has 2 aromatic carbocycles. The van der Waals surface area contributed by atoms with Crippen LogP contribution in [0.4, 0.5) is 14.5 Å². The van der Waals surface area contributed by atoms with E-state index in [-0.39, 0.29) is 47.6 Å². The number of aliphatic hydroxyl groups excluding tert-OH is 1. The number of aliphatic hydroxyl groups is 1. The first-order chi connectivity index (χ1) is 19.8. The molecule has 0 aliphatic carbocycles. The van der Waals surface area contributed by atoms with Crippen LogP contribution in [-0.4, -0.2) is 78.9 Å². The Labute approximate surface area is 244 Å². The summed E-state index contributed by atoms with van der Waals surface area (Å²) in [4.78, 5) is 53.3. The van der Waals surface area contributed by atoms with E-state index in [1.165, 1.54) is 53.9 Å². The van der Waals surface area contributed by atoms with E-state index in [4.69, 9.17) is 0 Å². The molecule has 222 valence electrons. The Morgan fingerprint density at radius 1 is 1.10 bits per heavy atom. The molecule has 0 aromatic heterocycles. The average molecular weight is 602 g/mol. The van der Waals surface area contributed by atoms with Gasteiger partial charge in [0.2, 0.25) is 11.8 Å². The third-order valence-electron chi connectivity index (χ3n) is 7.96. The monoisotopic (exact) mass is 601 g/mol. The van der Waals surface area contributed by atoms with Crippen molar-refractivity contribution in [2.75, 3.05) is 11.9 Å². The number of anilines is 1. The number of benzene rings is 2. The van der Waals surface area contributed by atoms with Crippen molar-refractivity contribution >= 4 is 41.2 Å². The van der Waals surface area contributed by atoms with Crippen LogP contribution in [0.1, 0.15) is 36.2 Å². The number of carboxylic acids is 2. The van der Waals surface area contributed by atoms with Crippen molar-refractivity contribution in [3.63, 3.8) is 0 Å². The van der Waals surface area contributed by atoms with Gasteiger partial charge in [-0.2, -0.15) is 0 Å². The molecule has 3 aliphatic rings. The SMILES string of the molecule is C[C@@H](O)[C@H]1C(=O)N2C(C(=O)O)=C(S[C@H]3C[C@@H](C(=O)Nc4cccc(C(=O)O)c4)N(Cc4cc(F)cc(F)c4)C3)[C@H](C)[C@H]12. The maximum Gasteiger partial charge on any atom is 0.353 e. The number of fused-ring (bicyclic) bond motifs is 1. The molecule has 3 aliphatic heterocycles. The number of likely N-dealkylation sites (tertiary alicyclic amines) is 1. The summed E-state index contributed by atoms with van der Waals surface area (Å²) in [6, 6.07) is 7.55. The number of hydrogen-bond donors (Lipinski definition) is 4. The minimum atomic E-state index is -1.26. The second-order valence-electron chi connectivity index (χ2n) is 10.8. The van der Waals surface area contributed by atoms with Crippen molar-refractivity contribution in [3.05, 3.63) is 75.8 Å². The fraction of sp³-hybridized carbons (Fsp3) is 0.379. The van der Waals surface area contributed by atoms with Crippen LogP contribution < -0.4 is 5.32 Å². The number of rotatable bonds is 9. The van der Waals surface area contributed by atoms with Gasteiger partial charge in [-0.15, -0.1) is 11.8 Å². The fourth-order valence-electron chi connectivity index (χ4n) is 6.14. The third-order valence-corrected chi connectivity index (χ3v) is 9.45. The number of hydrogen-bond acceptors (Lipinski definition) is 7. The second kappa shape index (κ2) is 11.5. The molecule has 42 heavy (non-hydrogen) atoms. The highest BCUT2D eigenvalue weighted by Gasteiger charge is 2.60. The highest BCUT2D eigenvalue weighted by Crippen LogP contribution is 2.52. The molecular formula is C29H29F2N3O7S. The van der Waals surface area contributed by atoms with Crippen LogP contribution in [0.3, 0.4) is 0 Å². The van der Waals surface area contributed by atoms with Gasteiger partial charge in [-0.05, 0) is 49.2 Å². The topological polar surface area (TPSA) is 147 Å². The summed E-state index contributed by atoms with van der Waals surface area (Å²) in [6.07, 6.45) is -0.698. The van der Waals surface area contributed by atoms with E-state index in [1.54, 1.807) is 17.9 Å². The first-order valence-electron chi connectivity index (χ1n) is 13.3. The van der Waals surface area contributed by atoms with Gasteiger partial charge in [-0.1, -0.05) is 13.0 Å². The van der Waals surface area contributed by atoms with Gasteiger partial charge in [-0.3, -0.25) is 14.5 Å². The van der Waals surface area contributed by atoms with E-state index in [9.17, 15) is 43.3 Å². The van der Waals surface area contributed by atoms with E-state index >= 15 is 0 Å². The Kier molecular flexibility index (Phi) is 8.10. The van der Waals surface area contributed by atoms with Crippen LogP contribution >= 0.6 is 11.8 Å². The standard InChI is InChI=1S/C29H29F2N3O7S/c1-13-23-22(14(2)35)27(37)34(23)24(29(40)41)25(13)42-20-10-21(26(36)32-19-5-3-4-16(8-19)28(38)39)33(12-20)11-15-6-17(30)9-18(31)7-15/h3-9,13-14,20-23,35H,10-12H2,1-2H3,(H,32,36)(H,38,39)(H,40,41)/t13-,14-,20+,21+,22-,23-/m1/s1. The molecule has 0 bridgehead atoms. The van der Waals surface area contributed by atoms with Gasteiger partial charge >= 0.3 is 11.9 Å². The quantitative estimate of drug-likeness (QED) is 0.318. The molecule has 13 heteroatoms. The number of nitrogens with zero attached hydrogens (tertiary/aromatic N) is 2. The predicted molar refractivity (Wildman–Crippen MR) is 148 cm³/mol. The summed E-state index contributed by atoms with van der Waals surface area (Å²) in [5.41, 5.74) is 0.424. The van der Waals surface area contributed by atoms with Crippen molar-refractivity contribution in [1.29, 1.82) is 0 Å². The van der Waals surface area contributed by atoms with Crippen LogP contribution in [0.5, 0.6) is 0 Å². The Bertz CT molecular complexity index is 1480. The lowest BCUT2D eigenvalue weighted by molar-refractivity contribution is -0.163. The Balaban J connectivity index is 1.41. The van der Waals surface area contributed by atoms with E-state index in [2.05, 4.69) is 5.32 Å². The number of aromatic carboxylic acids is 1. The first kappa shape index (κ1) is 29.7. The van der Waals surface area contributed by atoms with E-state index in [0.29, 0.717) is 10.5 Å². The minimum Gasteiger partial charge on any atom is -0.478 e. The number of halogens is 2. The highest BCUT2D eigenvalue weighted by molar-refractivity contribution is 8.03. The van der Waals surface area contributed by atoms with Crippen molar-refractivity contribution in [1.82, 2.24) is 9.80 Å². The molecule has 2 fully saturated rings. The zero-order valence-corrected chi connectivity index (χ0v) is 23.5. The van der Waals surface area contributed by atoms with Crippen LogP contribution in [0.25, 0.3) is 0 Å². The van der Waals surface area contributed by atoms with E-state index < -0.39 is 59.5 Å². The van der Waals surface area contributed by atoms with Crippen molar-refractivity contribution < 1.29 is 43.3 Å². The first-order valence-corrected chi connectivity index (χ1v) is 14.2. The van der Waals surface area contributed by atoms with Crippen molar-refractivity contribution in [2.45, 2.75) is 50.3 Å². The number of carboxylic acid groups (broad SMARTS) is 2. The predicted octanol–water partition coefficient (Wildman–Crippen LogP) is 3.13. The minimum absolute atomic E-state index is 0.0159. The lowest BCUT2D eigenvalue weighted by Gasteiger charge is -2.46. The van der Waals surface area contributed by atoms with Gasteiger partial charge < -0.3 is 25.5 Å². The maximum absolute atomic E-state index is 14.0. The molecule has 2 amide bonds. The summed E-state index contributed by atoms with van der Waals surface area (Å²) in [5, 5.41) is 31.8. The van der Waals surface area contributed by atoms with E-state index in [0.717, 1.165) is 6.07 Å². The average Bonchev–Trinajstić information content (AvgIpc) is 3.40. The van der Waals surface area contributed by atoms with Gasteiger partial charge in [0.15, 0.2) is 0 Å². The molecule has 6 atom stereocenters. The van der Waals surface area contributed by atoms with Crippen LogP contribution in [-0.2, 0) is 20.9 Å². The summed E-state index contributed by atoms with van der Waals surface area (Å²) in [6.45, 7) is 3.59. The van der Waals surface area contributed by atoms with Crippen LogP contribution in [0.2, 0.25) is 0 Å². The Morgan fingerprint density at radius 2 is 1.79 bits per heavy atom. The molecule has 2 saturated heterocycles. The van der Waals surface area contributed by atoms with Crippen molar-refractivity contribution in [3.8, 4) is 0 Å².